The van der Waals surface area contributed by atoms with Gasteiger partial charge in [-0.1, -0.05) is 119 Å². The third kappa shape index (κ3) is 23.7. The summed E-state index contributed by atoms with van der Waals surface area (Å²) in [4.78, 5) is 19.7. The Morgan fingerprint density at radius 1 is 0.409 bits per heavy atom. The van der Waals surface area contributed by atoms with Crippen LogP contribution in [0.1, 0.15) is 168 Å². The lowest BCUT2D eigenvalue weighted by atomic mass is 9.87. The minimum atomic E-state index is -0.186. The van der Waals surface area contributed by atoms with E-state index in [1.165, 1.54) is 121 Å². The molecule has 0 aliphatic carbocycles. The predicted molar refractivity (Wildman–Crippen MR) is 384 cm³/mol. The molecule has 506 valence electrons. The molecule has 9 rings (SSSR count). The summed E-state index contributed by atoms with van der Waals surface area (Å²) in [6, 6.07) is 44.8. The molecule has 0 spiro atoms. The largest absolute Gasteiger partial charge is 1.00 e. The number of benzene rings is 4. The Labute approximate surface area is 578 Å². The molecule has 93 heavy (non-hydrogen) atoms. The van der Waals surface area contributed by atoms with Crippen LogP contribution in [0.3, 0.4) is 0 Å². The summed E-state index contributed by atoms with van der Waals surface area (Å²) >= 11 is 0. The molecule has 0 fully saturated rings. The second-order valence-electron chi connectivity index (χ2n) is 29.1. The summed E-state index contributed by atoms with van der Waals surface area (Å²) in [5, 5.41) is 13.3. The van der Waals surface area contributed by atoms with Crippen molar-refractivity contribution in [1.82, 2.24) is 9.97 Å². The number of aromatic nitrogens is 2. The fourth-order valence-corrected chi connectivity index (χ4v) is 13.1. The zero-order valence-electron chi connectivity index (χ0n) is 58.1. The van der Waals surface area contributed by atoms with Crippen LogP contribution in [0.15, 0.2) is 156 Å². The molecule has 4 unspecified atom stereocenters. The van der Waals surface area contributed by atoms with E-state index in [0.717, 1.165) is 144 Å². The van der Waals surface area contributed by atoms with Gasteiger partial charge in [-0.3, -0.25) is 9.98 Å². The number of nitrogens with one attached hydrogen (secondary N) is 5. The zero-order valence-corrected chi connectivity index (χ0v) is 60.4. The van der Waals surface area contributed by atoms with Crippen LogP contribution >= 0.6 is 0 Å². The molecule has 0 saturated heterocycles. The molecule has 5 N–H and O–H groups in total. The molecule has 5 heterocycles. The number of H-pyrrole nitrogens is 2. The molecule has 14 heteroatoms. The van der Waals surface area contributed by atoms with Gasteiger partial charge >= 0.3 is 0 Å². The first-order valence-electron chi connectivity index (χ1n) is 34.8. The molecule has 2 aromatic heterocycles. The SMILES string of the molecule is CCCCCCCCCCCOc1ccc(C2=c3ccc([nH]3)=C(c3ccc(NCCCCC[N+](C)(C)C)cc3)C3=NC(C=C3)C(c3ccc(NCCCCC[N+](C)(C)C)cc3)C3=NC(C=C3)C(c3ccc(NCCCCC[N+](C)(C)C)cc3)c3ccc2[nH]3)cc1.[Cl-].[Cl-].[Cl-]. The van der Waals surface area contributed by atoms with Crippen LogP contribution in [0.2, 0.25) is 0 Å². The van der Waals surface area contributed by atoms with E-state index in [4.69, 9.17) is 14.7 Å². The van der Waals surface area contributed by atoms with E-state index in [1.54, 1.807) is 0 Å². The highest BCUT2D eigenvalue weighted by atomic mass is 35.5. The number of hydrogen-bond donors (Lipinski definition) is 5. The minimum Gasteiger partial charge on any atom is -1.00 e. The quantitative estimate of drug-likeness (QED) is 0.0237. The summed E-state index contributed by atoms with van der Waals surface area (Å²) in [6.45, 7) is 9.47. The molecule has 3 aliphatic heterocycles. The molecular formula is C79H113Cl3N10O. The summed E-state index contributed by atoms with van der Waals surface area (Å²) < 4.78 is 9.44. The van der Waals surface area contributed by atoms with Crippen molar-refractivity contribution >= 4 is 39.6 Å². The van der Waals surface area contributed by atoms with Gasteiger partial charge in [0, 0.05) is 75.6 Å². The maximum Gasteiger partial charge on any atom is 0.119 e. The highest BCUT2D eigenvalue weighted by Gasteiger charge is 2.35. The van der Waals surface area contributed by atoms with E-state index < -0.39 is 0 Å². The zero-order chi connectivity index (χ0) is 63.4. The Kier molecular flexibility index (Phi) is 30.5. The van der Waals surface area contributed by atoms with Gasteiger partial charge in [-0.25, -0.2) is 0 Å². The average Bonchev–Trinajstić information content (AvgIpc) is 1.64. The van der Waals surface area contributed by atoms with Crippen molar-refractivity contribution < 1.29 is 55.4 Å². The fraction of sp³-hybridized carbons (Fsp3) is 0.494. The van der Waals surface area contributed by atoms with E-state index in [9.17, 15) is 0 Å². The van der Waals surface area contributed by atoms with E-state index in [0.29, 0.717) is 0 Å². The number of rotatable bonds is 36. The third-order valence-electron chi connectivity index (χ3n) is 18.2. The Morgan fingerprint density at radius 2 is 0.839 bits per heavy atom. The van der Waals surface area contributed by atoms with E-state index in [-0.39, 0.29) is 61.1 Å². The van der Waals surface area contributed by atoms with Crippen molar-refractivity contribution in [3.8, 4) is 5.75 Å². The van der Waals surface area contributed by atoms with Crippen LogP contribution in [0.4, 0.5) is 17.1 Å². The summed E-state index contributed by atoms with van der Waals surface area (Å²) in [6.07, 6.45) is 31.7. The molecule has 0 amide bonds. The number of aromatic amines is 2. The van der Waals surface area contributed by atoms with Crippen molar-refractivity contribution in [2.75, 3.05) is 125 Å². The van der Waals surface area contributed by atoms with Gasteiger partial charge in [-0.05, 0) is 171 Å². The maximum absolute atomic E-state index is 6.41. The molecular weight excluding hydrogens is 1210 g/mol. The Bertz CT molecular complexity index is 3420. The predicted octanol–water partition coefficient (Wildman–Crippen LogP) is 6.26. The highest BCUT2D eigenvalue weighted by molar-refractivity contribution is 6.29. The van der Waals surface area contributed by atoms with Crippen LogP contribution in [0.5, 0.6) is 5.75 Å². The second-order valence-corrected chi connectivity index (χ2v) is 29.1. The first kappa shape index (κ1) is 76.0. The average molecular weight is 1330 g/mol. The lowest BCUT2D eigenvalue weighted by Crippen LogP contribution is -3.00. The van der Waals surface area contributed by atoms with Gasteiger partial charge in [-0.2, -0.15) is 0 Å². The third-order valence-corrected chi connectivity index (χ3v) is 18.2. The molecule has 4 atom stereocenters. The molecule has 0 radical (unpaired) electrons. The number of anilines is 3. The van der Waals surface area contributed by atoms with Crippen molar-refractivity contribution in [3.63, 3.8) is 0 Å². The smallest absolute Gasteiger partial charge is 0.119 e. The summed E-state index contributed by atoms with van der Waals surface area (Å²) in [5.41, 5.74) is 14.4. The number of fused-ring (bicyclic) bond motifs is 6. The van der Waals surface area contributed by atoms with Crippen molar-refractivity contribution in [1.29, 1.82) is 0 Å². The first-order chi connectivity index (χ1) is 43.5. The monoisotopic (exact) mass is 1320 g/mol. The lowest BCUT2D eigenvalue weighted by Gasteiger charge is -2.24. The fourth-order valence-electron chi connectivity index (χ4n) is 13.1. The molecule has 0 saturated carbocycles. The van der Waals surface area contributed by atoms with Crippen LogP contribution in [-0.2, 0) is 0 Å². The molecule has 6 aromatic rings. The lowest BCUT2D eigenvalue weighted by molar-refractivity contribution is -0.870. The number of halogens is 3. The number of quaternary nitrogens is 3. The number of aliphatic imine (C=N–C) groups is 2. The Hall–Kier alpha value is -6.05. The molecule has 8 bridgehead atoms. The molecule has 4 aromatic carbocycles. The van der Waals surface area contributed by atoms with Crippen LogP contribution in [0, 0.1) is 0 Å². The normalized spacial score (nSPS) is 16.9. The molecule has 11 nitrogen and oxygen atoms in total. The number of unbranched alkanes of at least 4 members (excludes halogenated alkanes) is 14. The number of ether oxygens (including phenoxy) is 1. The van der Waals surface area contributed by atoms with Gasteiger partial charge in [0.25, 0.3) is 0 Å². The molecule has 3 aliphatic rings. The Balaban J connectivity index is 0.00000457. The van der Waals surface area contributed by atoms with Gasteiger partial charge in [0.2, 0.25) is 0 Å². The number of allylic oxidation sites excluding steroid dienone is 2. The maximum atomic E-state index is 6.41. The standard InChI is InChI=1S/C79H113N10O.3ClH/c1-11-12-13-14-15-16-17-18-28-59-90-67-43-35-63(36-44-67)79-74-51-49-72(85-74)77(61-31-39-65(40-32-61)81-54-23-20-26-57-88(5,6)7)70-47-45-68(83-70)76(60-29-37-64(38-30-60)80-53-22-19-25-56-87(2,3)4)69-46-48-71(84-69)78(73-50-52-75(79)86-73)62-33-41-66(42-34-62)82-55-24-21-27-58-89(8,9)10;;;/h29-52,68,71,76,78,80-82,85-86H,11-28,53-59H2,1-10H3;3*1H/q+3;;;/p-3. The van der Waals surface area contributed by atoms with Crippen molar-refractivity contribution in [3.05, 3.63) is 190 Å². The number of nitrogens with zero attached hydrogens (tertiary/aromatic N) is 5. The highest BCUT2D eigenvalue weighted by Crippen LogP contribution is 2.39. The number of hydrogen-bond acceptors (Lipinski definition) is 6. The van der Waals surface area contributed by atoms with E-state index >= 15 is 0 Å². The minimum absolute atomic E-state index is 0. The van der Waals surface area contributed by atoms with Gasteiger partial charge in [-0.15, -0.1) is 0 Å². The van der Waals surface area contributed by atoms with Gasteiger partial charge in [0.05, 0.1) is 119 Å². The van der Waals surface area contributed by atoms with E-state index in [1.807, 2.05) is 0 Å². The second kappa shape index (κ2) is 37.3. The van der Waals surface area contributed by atoms with Crippen molar-refractivity contribution in [2.45, 2.75) is 146 Å². The van der Waals surface area contributed by atoms with Crippen LogP contribution in [0.25, 0.3) is 11.1 Å². The summed E-state index contributed by atoms with van der Waals surface area (Å²) in [5.74, 6) is 0.709. The Morgan fingerprint density at radius 3 is 1.35 bits per heavy atom. The topological polar surface area (TPSA) is 102 Å². The van der Waals surface area contributed by atoms with Crippen LogP contribution in [-0.4, -0.2) is 156 Å². The van der Waals surface area contributed by atoms with Gasteiger partial charge < -0.3 is 81.3 Å². The first-order valence-corrected chi connectivity index (χ1v) is 34.8. The van der Waals surface area contributed by atoms with E-state index in [2.05, 4.69) is 242 Å². The summed E-state index contributed by atoms with van der Waals surface area (Å²) in [7, 11) is 20.5. The van der Waals surface area contributed by atoms with Gasteiger partial charge in [0.15, 0.2) is 0 Å². The van der Waals surface area contributed by atoms with Crippen molar-refractivity contribution in [2.24, 2.45) is 9.98 Å². The van der Waals surface area contributed by atoms with Crippen LogP contribution < -0.4 is 68.6 Å². The van der Waals surface area contributed by atoms with Gasteiger partial charge in [0.1, 0.15) is 5.75 Å².